The summed E-state index contributed by atoms with van der Waals surface area (Å²) in [5, 5.41) is 0. The molecule has 4 rings (SSSR count). The molecule has 2 heterocycles. The van der Waals surface area contributed by atoms with E-state index in [9.17, 15) is 13.2 Å². The van der Waals surface area contributed by atoms with Gasteiger partial charge >= 0.3 is 0 Å². The molecule has 2 aromatic rings. The zero-order valence-corrected chi connectivity index (χ0v) is 17.1. The Hall–Kier alpha value is -2.12. The molecular weight excluding hydrogens is 374 g/mol. The molecule has 0 unspecified atom stereocenters. The Morgan fingerprint density at radius 2 is 1.75 bits per heavy atom. The summed E-state index contributed by atoms with van der Waals surface area (Å²) in [6.45, 7) is 1.73. The van der Waals surface area contributed by atoms with E-state index in [0.29, 0.717) is 25.2 Å². The second kappa shape index (κ2) is 7.72. The van der Waals surface area contributed by atoms with Crippen LogP contribution in [0, 0.1) is 0 Å². The fourth-order valence-electron chi connectivity index (χ4n) is 3.78. The van der Waals surface area contributed by atoms with E-state index in [1.807, 2.05) is 34.8 Å². The monoisotopic (exact) mass is 401 g/mol. The molecule has 0 spiro atoms. The summed E-state index contributed by atoms with van der Waals surface area (Å²) >= 11 is 0. The largest absolute Gasteiger partial charge is 0.353 e. The van der Waals surface area contributed by atoms with Crippen LogP contribution in [0.3, 0.4) is 0 Å². The van der Waals surface area contributed by atoms with Crippen molar-refractivity contribution in [3.05, 3.63) is 53.9 Å². The molecule has 0 radical (unpaired) electrons. The van der Waals surface area contributed by atoms with Crippen molar-refractivity contribution in [1.82, 2.24) is 13.8 Å². The number of carbonyl (C=O) groups excluding carboxylic acids is 1. The maximum atomic E-state index is 13.1. The highest BCUT2D eigenvalue weighted by Crippen LogP contribution is 2.30. The number of aromatic nitrogens is 1. The van der Waals surface area contributed by atoms with Crippen LogP contribution in [0.2, 0.25) is 0 Å². The van der Waals surface area contributed by atoms with Gasteiger partial charge in [-0.1, -0.05) is 6.42 Å². The molecule has 1 aliphatic carbocycles. The van der Waals surface area contributed by atoms with Crippen molar-refractivity contribution in [2.75, 3.05) is 13.1 Å². The van der Waals surface area contributed by atoms with Crippen LogP contribution < -0.4 is 0 Å². The number of carbonyl (C=O) groups is 1. The molecule has 6 nitrogen and oxygen atoms in total. The second-order valence-electron chi connectivity index (χ2n) is 7.76. The number of hydrogen-bond donors (Lipinski definition) is 0. The van der Waals surface area contributed by atoms with Gasteiger partial charge in [0.15, 0.2) is 0 Å². The maximum Gasteiger partial charge on any atom is 0.254 e. The first-order valence-corrected chi connectivity index (χ1v) is 11.4. The van der Waals surface area contributed by atoms with Crippen molar-refractivity contribution in [1.29, 1.82) is 0 Å². The Labute approximate surface area is 166 Å². The first-order chi connectivity index (χ1) is 13.5. The van der Waals surface area contributed by atoms with E-state index in [4.69, 9.17) is 0 Å². The van der Waals surface area contributed by atoms with E-state index >= 15 is 0 Å². The fraction of sp³-hybridized carbons (Fsp3) is 0.476. The molecule has 0 N–H and O–H groups in total. The van der Waals surface area contributed by atoms with E-state index in [0.717, 1.165) is 37.8 Å². The third kappa shape index (κ3) is 3.86. The zero-order chi connectivity index (χ0) is 19.7. The van der Waals surface area contributed by atoms with Crippen LogP contribution in [0.25, 0.3) is 0 Å². The van der Waals surface area contributed by atoms with E-state index < -0.39 is 10.0 Å². The summed E-state index contributed by atoms with van der Waals surface area (Å²) in [5.74, 6) is -0.0365. The van der Waals surface area contributed by atoms with Crippen LogP contribution in [0.1, 0.15) is 48.2 Å². The summed E-state index contributed by atoms with van der Waals surface area (Å²) in [6, 6.07) is 10.7. The van der Waals surface area contributed by atoms with Crippen molar-refractivity contribution in [2.24, 2.45) is 7.05 Å². The zero-order valence-electron chi connectivity index (χ0n) is 16.3. The van der Waals surface area contributed by atoms with Crippen molar-refractivity contribution in [3.63, 3.8) is 0 Å². The second-order valence-corrected chi connectivity index (χ2v) is 9.70. The first-order valence-electron chi connectivity index (χ1n) is 9.98. The fourth-order valence-corrected chi connectivity index (χ4v) is 5.29. The molecule has 1 aliphatic heterocycles. The third-order valence-electron chi connectivity index (χ3n) is 5.69. The van der Waals surface area contributed by atoms with Gasteiger partial charge in [0, 0.05) is 43.6 Å². The van der Waals surface area contributed by atoms with Gasteiger partial charge < -0.3 is 9.47 Å². The van der Waals surface area contributed by atoms with Crippen LogP contribution in [0.5, 0.6) is 0 Å². The number of nitrogens with zero attached hydrogens (tertiary/aromatic N) is 3. The predicted octanol–water partition coefficient (Wildman–Crippen LogP) is 3.00. The molecule has 28 heavy (non-hydrogen) atoms. The van der Waals surface area contributed by atoms with E-state index in [1.165, 1.54) is 0 Å². The minimum atomic E-state index is -3.47. The maximum absolute atomic E-state index is 13.1. The highest BCUT2D eigenvalue weighted by atomic mass is 32.2. The van der Waals surface area contributed by atoms with E-state index in [-0.39, 0.29) is 16.8 Å². The average Bonchev–Trinajstić information content (AvgIpc) is 3.48. The Morgan fingerprint density at radius 3 is 2.32 bits per heavy atom. The predicted molar refractivity (Wildman–Crippen MR) is 107 cm³/mol. The van der Waals surface area contributed by atoms with Gasteiger partial charge in [0.05, 0.1) is 11.4 Å². The number of benzene rings is 1. The topological polar surface area (TPSA) is 62.6 Å². The van der Waals surface area contributed by atoms with Crippen LogP contribution in [-0.2, 0) is 23.6 Å². The summed E-state index contributed by atoms with van der Waals surface area (Å²) in [7, 11) is -1.49. The third-order valence-corrected chi connectivity index (χ3v) is 7.60. The van der Waals surface area contributed by atoms with Gasteiger partial charge in [-0.05, 0) is 62.1 Å². The number of rotatable bonds is 6. The van der Waals surface area contributed by atoms with Gasteiger partial charge in [-0.25, -0.2) is 8.42 Å². The summed E-state index contributed by atoms with van der Waals surface area (Å²) in [6.07, 6.45) is 6.93. The minimum Gasteiger partial charge on any atom is -0.353 e. The molecule has 1 amide bonds. The van der Waals surface area contributed by atoms with Crippen molar-refractivity contribution in [2.45, 2.75) is 49.6 Å². The molecule has 150 valence electrons. The Kier molecular flexibility index (Phi) is 5.29. The molecule has 2 fully saturated rings. The van der Waals surface area contributed by atoms with Crippen LogP contribution in [-0.4, -0.2) is 47.2 Å². The quantitative estimate of drug-likeness (QED) is 0.748. The average molecular weight is 402 g/mol. The van der Waals surface area contributed by atoms with Crippen molar-refractivity contribution < 1.29 is 13.2 Å². The molecule has 0 atom stereocenters. The normalized spacial score (nSPS) is 18.2. The number of aryl methyl sites for hydroxylation is 1. The minimum absolute atomic E-state index is 0.0365. The lowest BCUT2D eigenvalue weighted by molar-refractivity contribution is 0.0726. The highest BCUT2D eigenvalue weighted by molar-refractivity contribution is 7.89. The number of piperidine rings is 1. The lowest BCUT2D eigenvalue weighted by atomic mass is 10.2. The standard InChI is InChI=1S/C21H27N3O3S/c1-22-13-5-6-19(22)16-24(18-9-10-18)21(25)17-7-11-20(12-8-17)28(26,27)23-14-3-2-4-15-23/h5-8,11-13,18H,2-4,9-10,14-16H2,1H3. The van der Waals surface area contributed by atoms with Gasteiger partial charge in [-0.3, -0.25) is 4.79 Å². The summed E-state index contributed by atoms with van der Waals surface area (Å²) in [4.78, 5) is 15.3. The van der Waals surface area contributed by atoms with Gasteiger partial charge in [-0.2, -0.15) is 4.31 Å². The lowest BCUT2D eigenvalue weighted by Gasteiger charge is -2.26. The molecule has 0 bridgehead atoms. The Morgan fingerprint density at radius 1 is 1.07 bits per heavy atom. The molecular formula is C21H27N3O3S. The lowest BCUT2D eigenvalue weighted by Crippen LogP contribution is -2.35. The van der Waals surface area contributed by atoms with Crippen LogP contribution >= 0.6 is 0 Å². The molecule has 1 saturated carbocycles. The van der Waals surface area contributed by atoms with Crippen molar-refractivity contribution >= 4 is 15.9 Å². The van der Waals surface area contributed by atoms with Gasteiger partial charge in [-0.15, -0.1) is 0 Å². The molecule has 1 aromatic heterocycles. The number of amides is 1. The van der Waals surface area contributed by atoms with Crippen LogP contribution in [0.4, 0.5) is 0 Å². The summed E-state index contributed by atoms with van der Waals surface area (Å²) < 4.78 is 29.2. The number of hydrogen-bond acceptors (Lipinski definition) is 3. The Balaban J connectivity index is 1.52. The molecule has 1 aromatic carbocycles. The molecule has 1 saturated heterocycles. The SMILES string of the molecule is Cn1cccc1CN(C(=O)c1ccc(S(=O)(=O)N2CCCCC2)cc1)C1CC1. The van der Waals surface area contributed by atoms with Crippen molar-refractivity contribution in [3.8, 4) is 0 Å². The van der Waals surface area contributed by atoms with Gasteiger partial charge in [0.2, 0.25) is 10.0 Å². The smallest absolute Gasteiger partial charge is 0.254 e. The number of sulfonamides is 1. The molecule has 2 aliphatic rings. The molecule has 7 heteroatoms. The van der Waals surface area contributed by atoms with Gasteiger partial charge in [0.1, 0.15) is 0 Å². The Bertz CT molecular complexity index is 940. The first kappa shape index (κ1) is 19.2. The van der Waals surface area contributed by atoms with E-state index in [2.05, 4.69) is 0 Å². The highest BCUT2D eigenvalue weighted by Gasteiger charge is 2.34. The van der Waals surface area contributed by atoms with Crippen LogP contribution in [0.15, 0.2) is 47.5 Å². The summed E-state index contributed by atoms with van der Waals surface area (Å²) in [5.41, 5.74) is 1.63. The van der Waals surface area contributed by atoms with E-state index in [1.54, 1.807) is 28.6 Å². The van der Waals surface area contributed by atoms with Gasteiger partial charge in [0.25, 0.3) is 5.91 Å².